The van der Waals surface area contributed by atoms with Crippen LogP contribution in [0.5, 0.6) is 0 Å². The minimum atomic E-state index is -0.0596. The van der Waals surface area contributed by atoms with Crippen molar-refractivity contribution in [2.75, 3.05) is 5.73 Å². The number of amidine groups is 1. The average molecular weight is 251 g/mol. The molecule has 0 atom stereocenters. The highest BCUT2D eigenvalue weighted by Crippen LogP contribution is 2.13. The van der Waals surface area contributed by atoms with Crippen LogP contribution < -0.4 is 11.5 Å². The molecule has 0 amide bonds. The summed E-state index contributed by atoms with van der Waals surface area (Å²) in [5.74, 6) is 0.285. The predicted octanol–water partition coefficient (Wildman–Crippen LogP) is -0.119. The normalized spacial score (nSPS) is 9.70. The van der Waals surface area contributed by atoms with E-state index >= 15 is 0 Å². The topological polar surface area (TPSA) is 105 Å². The largest absolute Gasteiger partial charge is 0.383 e. The van der Waals surface area contributed by atoms with Gasteiger partial charge in [0.05, 0.1) is 5.56 Å². The first-order valence-electron chi connectivity index (χ1n) is 2.46. The highest BCUT2D eigenvalue weighted by molar-refractivity contribution is 14.1. The molecule has 0 aliphatic rings. The van der Waals surface area contributed by atoms with E-state index in [1.54, 1.807) is 0 Å². The van der Waals surface area contributed by atoms with Crippen LogP contribution in [-0.4, -0.2) is 16.0 Å². The molecule has 1 aromatic heterocycles. The van der Waals surface area contributed by atoms with Crippen molar-refractivity contribution < 1.29 is 0 Å². The first-order chi connectivity index (χ1) is 4.63. The number of aromatic nitrogens is 2. The second-order valence-corrected chi connectivity index (χ2v) is 2.74. The number of H-pyrrole nitrogens is 1. The molecular weight excluding hydrogens is 245 g/mol. The van der Waals surface area contributed by atoms with Gasteiger partial charge in [0.2, 0.25) is 0 Å². The highest BCUT2D eigenvalue weighted by atomic mass is 127. The van der Waals surface area contributed by atoms with E-state index in [4.69, 9.17) is 16.9 Å². The standard InChI is InChI=1S/C4H6IN5/c5-2-1(3(6)7)4(8)10-9-2/h(H3,6,7)(H3,8,9,10). The van der Waals surface area contributed by atoms with Crippen LogP contribution in [0.3, 0.4) is 0 Å². The molecule has 10 heavy (non-hydrogen) atoms. The van der Waals surface area contributed by atoms with Crippen LogP contribution in [0, 0.1) is 9.11 Å². The van der Waals surface area contributed by atoms with E-state index in [-0.39, 0.29) is 5.84 Å². The number of nitrogens with one attached hydrogen (secondary N) is 2. The van der Waals surface area contributed by atoms with Gasteiger partial charge in [-0.05, 0) is 22.6 Å². The Labute approximate surface area is 70.8 Å². The average Bonchev–Trinajstić information content (AvgIpc) is 2.11. The van der Waals surface area contributed by atoms with Gasteiger partial charge in [0, 0.05) is 0 Å². The maximum atomic E-state index is 7.07. The summed E-state index contributed by atoms with van der Waals surface area (Å²) in [6.07, 6.45) is 0. The molecule has 0 radical (unpaired) electrons. The molecule has 0 bridgehead atoms. The highest BCUT2D eigenvalue weighted by Gasteiger charge is 2.09. The van der Waals surface area contributed by atoms with Crippen molar-refractivity contribution in [2.45, 2.75) is 0 Å². The third kappa shape index (κ3) is 1.06. The number of halogens is 1. The number of anilines is 1. The monoisotopic (exact) mass is 251 g/mol. The summed E-state index contributed by atoms with van der Waals surface area (Å²) in [6, 6.07) is 0. The van der Waals surface area contributed by atoms with E-state index in [1.807, 2.05) is 22.6 Å². The summed E-state index contributed by atoms with van der Waals surface area (Å²) in [6.45, 7) is 0. The van der Waals surface area contributed by atoms with Gasteiger partial charge in [-0.1, -0.05) is 0 Å². The molecule has 0 aliphatic heterocycles. The first kappa shape index (κ1) is 7.32. The van der Waals surface area contributed by atoms with Gasteiger partial charge in [-0.2, -0.15) is 5.10 Å². The van der Waals surface area contributed by atoms with Crippen LogP contribution in [0.15, 0.2) is 0 Å². The molecule has 0 saturated heterocycles. The summed E-state index contributed by atoms with van der Waals surface area (Å²) < 4.78 is 0.627. The van der Waals surface area contributed by atoms with E-state index in [9.17, 15) is 0 Å². The fourth-order valence-electron chi connectivity index (χ4n) is 0.588. The Kier molecular flexibility index (Phi) is 1.79. The van der Waals surface area contributed by atoms with Crippen molar-refractivity contribution in [2.24, 2.45) is 5.73 Å². The number of aromatic amines is 1. The molecule has 6 N–H and O–H groups in total. The van der Waals surface area contributed by atoms with Crippen LogP contribution >= 0.6 is 22.6 Å². The SMILES string of the molecule is N=C(N)c1c(I)n[nH]c1N. The Morgan fingerprint density at radius 2 is 2.30 bits per heavy atom. The van der Waals surface area contributed by atoms with Crippen molar-refractivity contribution in [1.82, 2.24) is 10.2 Å². The van der Waals surface area contributed by atoms with Crippen molar-refractivity contribution in [3.63, 3.8) is 0 Å². The van der Waals surface area contributed by atoms with Gasteiger partial charge in [0.25, 0.3) is 0 Å². The Morgan fingerprint density at radius 1 is 1.70 bits per heavy atom. The molecule has 6 heteroatoms. The van der Waals surface area contributed by atoms with E-state index in [0.717, 1.165) is 0 Å². The number of hydrogen-bond donors (Lipinski definition) is 4. The smallest absolute Gasteiger partial charge is 0.136 e. The molecule has 1 heterocycles. The summed E-state index contributed by atoms with van der Waals surface area (Å²) >= 11 is 1.95. The maximum Gasteiger partial charge on any atom is 0.136 e. The Hall–Kier alpha value is -0.790. The minimum Gasteiger partial charge on any atom is -0.383 e. The van der Waals surface area contributed by atoms with E-state index < -0.39 is 0 Å². The molecule has 0 unspecified atom stereocenters. The van der Waals surface area contributed by atoms with Gasteiger partial charge in [-0.3, -0.25) is 10.5 Å². The fraction of sp³-hybridized carbons (Fsp3) is 0. The van der Waals surface area contributed by atoms with Gasteiger partial charge in [0.1, 0.15) is 15.4 Å². The lowest BCUT2D eigenvalue weighted by Gasteiger charge is -1.92. The number of nitrogens with zero attached hydrogens (tertiary/aromatic N) is 1. The van der Waals surface area contributed by atoms with Gasteiger partial charge < -0.3 is 11.5 Å². The van der Waals surface area contributed by atoms with Gasteiger partial charge >= 0.3 is 0 Å². The molecule has 54 valence electrons. The third-order valence-corrected chi connectivity index (χ3v) is 1.80. The van der Waals surface area contributed by atoms with Gasteiger partial charge in [0.15, 0.2) is 0 Å². The summed E-state index contributed by atoms with van der Waals surface area (Å²) in [5, 5.41) is 13.3. The molecular formula is C4H6IN5. The quantitative estimate of drug-likeness (QED) is 0.317. The summed E-state index contributed by atoms with van der Waals surface area (Å²) in [5.41, 5.74) is 11.1. The molecule has 0 spiro atoms. The summed E-state index contributed by atoms with van der Waals surface area (Å²) in [4.78, 5) is 0. The Balaban J connectivity index is 3.23. The second kappa shape index (κ2) is 2.45. The van der Waals surface area contributed by atoms with E-state index in [1.165, 1.54) is 0 Å². The molecule has 0 aliphatic carbocycles. The maximum absolute atomic E-state index is 7.07. The lowest BCUT2D eigenvalue weighted by atomic mass is 10.3. The van der Waals surface area contributed by atoms with Crippen LogP contribution in [0.2, 0.25) is 0 Å². The van der Waals surface area contributed by atoms with E-state index in [2.05, 4.69) is 10.2 Å². The Bertz CT molecular complexity index is 245. The van der Waals surface area contributed by atoms with Crippen LogP contribution in [-0.2, 0) is 0 Å². The molecule has 1 aromatic rings. The number of hydrogen-bond acceptors (Lipinski definition) is 3. The van der Waals surface area contributed by atoms with Crippen molar-refractivity contribution in [3.05, 3.63) is 9.26 Å². The number of nitrogen functional groups attached to an aromatic ring is 2. The number of rotatable bonds is 1. The Morgan fingerprint density at radius 3 is 2.50 bits per heavy atom. The van der Waals surface area contributed by atoms with Crippen LogP contribution in [0.4, 0.5) is 5.82 Å². The molecule has 5 nitrogen and oxygen atoms in total. The first-order valence-corrected chi connectivity index (χ1v) is 3.54. The zero-order chi connectivity index (χ0) is 7.72. The molecule has 0 aromatic carbocycles. The zero-order valence-corrected chi connectivity index (χ0v) is 7.14. The summed E-state index contributed by atoms with van der Waals surface area (Å²) in [7, 11) is 0. The van der Waals surface area contributed by atoms with Crippen molar-refractivity contribution >= 4 is 34.2 Å². The van der Waals surface area contributed by atoms with Crippen LogP contribution in [0.1, 0.15) is 5.56 Å². The van der Waals surface area contributed by atoms with Crippen molar-refractivity contribution in [3.8, 4) is 0 Å². The van der Waals surface area contributed by atoms with Gasteiger partial charge in [-0.25, -0.2) is 0 Å². The zero-order valence-electron chi connectivity index (χ0n) is 4.98. The van der Waals surface area contributed by atoms with Crippen molar-refractivity contribution in [1.29, 1.82) is 5.41 Å². The lowest BCUT2D eigenvalue weighted by molar-refractivity contribution is 1.07. The molecule has 0 saturated carbocycles. The lowest BCUT2D eigenvalue weighted by Crippen LogP contribution is -2.13. The van der Waals surface area contributed by atoms with E-state index in [0.29, 0.717) is 15.1 Å². The molecule has 1 rings (SSSR count). The van der Waals surface area contributed by atoms with Gasteiger partial charge in [-0.15, -0.1) is 0 Å². The minimum absolute atomic E-state index is 0.0596. The third-order valence-electron chi connectivity index (χ3n) is 1.02. The second-order valence-electron chi connectivity index (χ2n) is 1.72. The predicted molar refractivity (Wildman–Crippen MR) is 46.7 cm³/mol. The molecule has 0 fully saturated rings. The number of nitrogens with two attached hydrogens (primary N) is 2. The van der Waals surface area contributed by atoms with Crippen LogP contribution in [0.25, 0.3) is 0 Å². The fourth-order valence-corrected chi connectivity index (χ4v) is 1.29.